The molecule has 0 heterocycles. The summed E-state index contributed by atoms with van der Waals surface area (Å²) >= 11 is 0. The monoisotopic (exact) mass is 340 g/mol. The lowest BCUT2D eigenvalue weighted by Gasteiger charge is -2.15. The number of benzene rings is 2. The van der Waals surface area contributed by atoms with Crippen molar-refractivity contribution in [2.45, 2.75) is 52.4 Å². The maximum Gasteiger partial charge on any atom is 0.318 e. The number of carbonyl (C=O) groups is 1. The van der Waals surface area contributed by atoms with Crippen molar-refractivity contribution in [1.29, 1.82) is 0 Å². The van der Waals surface area contributed by atoms with Crippen LogP contribution in [0.4, 0.5) is 0 Å². The first-order chi connectivity index (χ1) is 12.1. The number of carbonyl (C=O) groups excluding carboxylic acids is 1. The summed E-state index contributed by atoms with van der Waals surface area (Å²) in [6, 6.07) is 12.0. The van der Waals surface area contributed by atoms with Gasteiger partial charge in [0.2, 0.25) is 0 Å². The summed E-state index contributed by atoms with van der Waals surface area (Å²) in [5.41, 5.74) is 0.967. The SMILES string of the molecule is CC/C=C(\CCCC)OC(=O)[C@@H](C)c1ccc2cc(OC)ccc2c1. The molecule has 0 N–H and O–H groups in total. The molecular formula is C22H28O3. The molecule has 1 atom stereocenters. The van der Waals surface area contributed by atoms with Crippen LogP contribution >= 0.6 is 0 Å². The number of rotatable bonds is 8. The molecular weight excluding hydrogens is 312 g/mol. The van der Waals surface area contributed by atoms with Gasteiger partial charge in [0.1, 0.15) is 11.5 Å². The van der Waals surface area contributed by atoms with Gasteiger partial charge >= 0.3 is 5.97 Å². The van der Waals surface area contributed by atoms with Crippen molar-refractivity contribution in [1.82, 2.24) is 0 Å². The Morgan fingerprint density at radius 3 is 2.52 bits per heavy atom. The van der Waals surface area contributed by atoms with E-state index >= 15 is 0 Å². The number of fused-ring (bicyclic) bond motifs is 1. The summed E-state index contributed by atoms with van der Waals surface area (Å²) in [7, 11) is 1.66. The number of unbranched alkanes of at least 4 members (excludes halogenated alkanes) is 1. The summed E-state index contributed by atoms with van der Waals surface area (Å²) in [5.74, 6) is 1.14. The minimum Gasteiger partial charge on any atom is -0.497 e. The zero-order valence-electron chi connectivity index (χ0n) is 15.7. The third kappa shape index (κ3) is 5.09. The highest BCUT2D eigenvalue weighted by molar-refractivity contribution is 5.87. The zero-order valence-corrected chi connectivity index (χ0v) is 15.7. The zero-order chi connectivity index (χ0) is 18.2. The Morgan fingerprint density at radius 1 is 1.12 bits per heavy atom. The van der Waals surface area contributed by atoms with Gasteiger partial charge in [-0.25, -0.2) is 0 Å². The molecule has 0 spiro atoms. The fraction of sp³-hybridized carbons (Fsp3) is 0.409. The van der Waals surface area contributed by atoms with E-state index in [4.69, 9.17) is 9.47 Å². The molecule has 25 heavy (non-hydrogen) atoms. The maximum absolute atomic E-state index is 12.5. The van der Waals surface area contributed by atoms with Crippen LogP contribution in [0.15, 0.2) is 48.2 Å². The van der Waals surface area contributed by atoms with Gasteiger partial charge in [-0.05, 0) is 54.3 Å². The van der Waals surface area contributed by atoms with Gasteiger partial charge < -0.3 is 9.47 Å². The number of hydrogen-bond donors (Lipinski definition) is 0. The first-order valence-electron chi connectivity index (χ1n) is 9.07. The predicted molar refractivity (Wildman–Crippen MR) is 103 cm³/mol. The highest BCUT2D eigenvalue weighted by Gasteiger charge is 2.18. The Balaban J connectivity index is 2.15. The fourth-order valence-corrected chi connectivity index (χ4v) is 2.77. The Hall–Kier alpha value is -2.29. The molecule has 0 unspecified atom stereocenters. The van der Waals surface area contributed by atoms with Crippen molar-refractivity contribution in [2.75, 3.05) is 7.11 Å². The van der Waals surface area contributed by atoms with Gasteiger partial charge in [0, 0.05) is 6.42 Å². The molecule has 0 amide bonds. The summed E-state index contributed by atoms with van der Waals surface area (Å²) < 4.78 is 10.9. The third-order valence-corrected chi connectivity index (χ3v) is 4.37. The lowest BCUT2D eigenvalue weighted by atomic mass is 9.98. The van der Waals surface area contributed by atoms with Crippen LogP contribution in [0.25, 0.3) is 10.8 Å². The van der Waals surface area contributed by atoms with Crippen LogP contribution in [0, 0.1) is 0 Å². The number of methoxy groups -OCH3 is 1. The molecule has 3 nitrogen and oxygen atoms in total. The van der Waals surface area contributed by atoms with E-state index in [1.807, 2.05) is 43.3 Å². The molecule has 2 aromatic rings. The Labute approximate surface area is 150 Å². The largest absolute Gasteiger partial charge is 0.497 e. The highest BCUT2D eigenvalue weighted by Crippen LogP contribution is 2.26. The lowest BCUT2D eigenvalue weighted by Crippen LogP contribution is -2.13. The van der Waals surface area contributed by atoms with Gasteiger partial charge in [-0.3, -0.25) is 4.79 Å². The Morgan fingerprint density at radius 2 is 1.84 bits per heavy atom. The second kappa shape index (κ2) is 9.26. The number of ether oxygens (including phenoxy) is 2. The van der Waals surface area contributed by atoms with E-state index in [9.17, 15) is 4.79 Å². The fourth-order valence-electron chi connectivity index (χ4n) is 2.77. The van der Waals surface area contributed by atoms with Crippen LogP contribution < -0.4 is 4.74 Å². The van der Waals surface area contributed by atoms with Crippen molar-refractivity contribution < 1.29 is 14.3 Å². The van der Waals surface area contributed by atoms with Crippen molar-refractivity contribution in [3.8, 4) is 5.75 Å². The van der Waals surface area contributed by atoms with E-state index < -0.39 is 0 Å². The van der Waals surface area contributed by atoms with E-state index in [0.29, 0.717) is 0 Å². The van der Waals surface area contributed by atoms with Crippen LogP contribution in [-0.4, -0.2) is 13.1 Å². The maximum atomic E-state index is 12.5. The van der Waals surface area contributed by atoms with Crippen LogP contribution in [0.3, 0.4) is 0 Å². The summed E-state index contributed by atoms with van der Waals surface area (Å²) in [6.45, 7) is 6.09. The molecule has 0 aromatic heterocycles. The van der Waals surface area contributed by atoms with Crippen molar-refractivity contribution in [2.24, 2.45) is 0 Å². The van der Waals surface area contributed by atoms with E-state index in [1.165, 1.54) is 0 Å². The average Bonchev–Trinajstić information content (AvgIpc) is 2.64. The molecule has 0 aliphatic heterocycles. The van der Waals surface area contributed by atoms with Crippen molar-refractivity contribution >= 4 is 16.7 Å². The molecule has 0 bridgehead atoms. The quantitative estimate of drug-likeness (QED) is 0.438. The van der Waals surface area contributed by atoms with Crippen molar-refractivity contribution in [3.63, 3.8) is 0 Å². The first kappa shape index (κ1) is 19.0. The normalized spacial score (nSPS) is 12.9. The third-order valence-electron chi connectivity index (χ3n) is 4.37. The molecule has 2 aromatic carbocycles. The topological polar surface area (TPSA) is 35.5 Å². The smallest absolute Gasteiger partial charge is 0.318 e. The van der Waals surface area contributed by atoms with E-state index in [0.717, 1.165) is 53.5 Å². The van der Waals surface area contributed by atoms with E-state index in [2.05, 4.69) is 19.9 Å². The minimum absolute atomic E-state index is 0.191. The van der Waals surface area contributed by atoms with Gasteiger partial charge in [0.25, 0.3) is 0 Å². The Kier molecular flexibility index (Phi) is 7.05. The van der Waals surface area contributed by atoms with Crippen LogP contribution in [0.2, 0.25) is 0 Å². The molecule has 134 valence electrons. The van der Waals surface area contributed by atoms with E-state index in [-0.39, 0.29) is 11.9 Å². The average molecular weight is 340 g/mol. The van der Waals surface area contributed by atoms with Gasteiger partial charge in [0.15, 0.2) is 0 Å². The second-order valence-electron chi connectivity index (χ2n) is 6.30. The number of allylic oxidation sites excluding steroid dienone is 2. The van der Waals surface area contributed by atoms with Gasteiger partial charge in [-0.1, -0.05) is 44.5 Å². The standard InChI is InChI=1S/C22H28O3/c1-5-7-9-20(8-6-2)25-22(23)16(3)17-10-11-19-15-21(24-4)13-12-18(19)14-17/h8,10-16H,5-7,9H2,1-4H3/b20-8+/t16-/m0/s1. The molecule has 0 saturated carbocycles. The molecule has 0 aliphatic rings. The molecule has 2 rings (SSSR count). The lowest BCUT2D eigenvalue weighted by molar-refractivity contribution is -0.141. The molecule has 0 saturated heterocycles. The van der Waals surface area contributed by atoms with E-state index in [1.54, 1.807) is 7.11 Å². The molecule has 3 heteroatoms. The molecule has 0 radical (unpaired) electrons. The summed E-state index contributed by atoms with van der Waals surface area (Å²) in [5, 5.41) is 2.19. The van der Waals surface area contributed by atoms with Gasteiger partial charge in [-0.15, -0.1) is 0 Å². The van der Waals surface area contributed by atoms with Crippen LogP contribution in [0.5, 0.6) is 5.75 Å². The second-order valence-corrected chi connectivity index (χ2v) is 6.30. The van der Waals surface area contributed by atoms with Crippen LogP contribution in [-0.2, 0) is 9.53 Å². The summed E-state index contributed by atoms with van der Waals surface area (Å²) in [6.07, 6.45) is 5.82. The van der Waals surface area contributed by atoms with Crippen LogP contribution in [0.1, 0.15) is 57.9 Å². The predicted octanol–water partition coefficient (Wildman–Crippen LogP) is 5.98. The minimum atomic E-state index is -0.298. The molecule has 0 fully saturated rings. The van der Waals surface area contributed by atoms with Gasteiger partial charge in [-0.2, -0.15) is 0 Å². The number of hydrogen-bond acceptors (Lipinski definition) is 3. The molecule has 0 aliphatic carbocycles. The highest BCUT2D eigenvalue weighted by atomic mass is 16.5. The first-order valence-corrected chi connectivity index (χ1v) is 9.07. The van der Waals surface area contributed by atoms with Gasteiger partial charge in [0.05, 0.1) is 13.0 Å². The summed E-state index contributed by atoms with van der Waals surface area (Å²) in [4.78, 5) is 12.5. The Bertz CT molecular complexity index is 746. The number of esters is 1. The van der Waals surface area contributed by atoms with Crippen molar-refractivity contribution in [3.05, 3.63) is 53.8 Å².